The second-order valence-electron chi connectivity index (χ2n) is 3.42. The van der Waals surface area contributed by atoms with Gasteiger partial charge in [-0.05, 0) is 18.4 Å². The third-order valence-corrected chi connectivity index (χ3v) is 2.15. The lowest BCUT2D eigenvalue weighted by Gasteiger charge is -2.08. The molecule has 3 nitrogen and oxygen atoms in total. The Labute approximate surface area is 95.7 Å². The Hall–Kier alpha value is -1.85. The number of rotatable bonds is 4. The van der Waals surface area contributed by atoms with Crippen molar-refractivity contribution in [1.82, 2.24) is 0 Å². The number of nitro groups is 1. The summed E-state index contributed by atoms with van der Waals surface area (Å²) in [6, 6.07) is 8.53. The van der Waals surface area contributed by atoms with Gasteiger partial charge in [-0.1, -0.05) is 30.3 Å². The SMILES string of the molecule is O=[N+]([O-])/C=C(\CCc1ccccc1)C(F)(F)F. The third-order valence-electron chi connectivity index (χ3n) is 2.15. The van der Waals surface area contributed by atoms with Crippen molar-refractivity contribution in [3.63, 3.8) is 0 Å². The predicted octanol–water partition coefficient (Wildman–Crippen LogP) is 3.34. The van der Waals surface area contributed by atoms with E-state index in [1.165, 1.54) is 0 Å². The predicted molar refractivity (Wildman–Crippen MR) is 55.9 cm³/mol. The van der Waals surface area contributed by atoms with Gasteiger partial charge in [-0.3, -0.25) is 10.1 Å². The second kappa shape index (κ2) is 5.47. The van der Waals surface area contributed by atoms with E-state index in [0.29, 0.717) is 5.56 Å². The maximum Gasteiger partial charge on any atom is 0.418 e. The van der Waals surface area contributed by atoms with Crippen LogP contribution in [0.5, 0.6) is 0 Å². The first-order chi connectivity index (χ1) is 7.89. The van der Waals surface area contributed by atoms with Gasteiger partial charge in [0.2, 0.25) is 6.20 Å². The fourth-order valence-electron chi connectivity index (χ4n) is 1.33. The normalized spacial score (nSPS) is 12.5. The van der Waals surface area contributed by atoms with E-state index >= 15 is 0 Å². The molecule has 0 atom stereocenters. The molecular weight excluding hydrogens is 235 g/mol. The van der Waals surface area contributed by atoms with Crippen molar-refractivity contribution >= 4 is 0 Å². The molecule has 0 saturated carbocycles. The van der Waals surface area contributed by atoms with Crippen LogP contribution in [0, 0.1) is 10.1 Å². The highest BCUT2D eigenvalue weighted by Crippen LogP contribution is 2.29. The van der Waals surface area contributed by atoms with Crippen molar-refractivity contribution in [3.8, 4) is 0 Å². The number of benzene rings is 1. The van der Waals surface area contributed by atoms with Crippen LogP contribution < -0.4 is 0 Å². The van der Waals surface area contributed by atoms with E-state index in [1.54, 1.807) is 30.3 Å². The van der Waals surface area contributed by atoms with Gasteiger partial charge in [-0.25, -0.2) is 0 Å². The molecular formula is C11H10F3NO2. The van der Waals surface area contributed by atoms with Crippen molar-refractivity contribution < 1.29 is 18.1 Å². The molecule has 1 aromatic carbocycles. The molecule has 1 rings (SSSR count). The standard InChI is InChI=1S/C11H10F3NO2/c12-11(13,14)10(8-15(16)17)7-6-9-4-2-1-3-5-9/h1-5,8H,6-7H2/b10-8+. The summed E-state index contributed by atoms with van der Waals surface area (Å²) in [6.45, 7) is 0. The number of hydrogen-bond acceptors (Lipinski definition) is 2. The molecule has 1 aromatic rings. The minimum atomic E-state index is -4.65. The topological polar surface area (TPSA) is 43.1 Å². The number of halogens is 3. The van der Waals surface area contributed by atoms with Gasteiger partial charge in [0.15, 0.2) is 0 Å². The van der Waals surface area contributed by atoms with E-state index < -0.39 is 23.1 Å². The summed E-state index contributed by atoms with van der Waals surface area (Å²) in [5, 5.41) is 10.1. The molecule has 0 spiro atoms. The zero-order chi connectivity index (χ0) is 12.9. The number of nitrogens with zero attached hydrogens (tertiary/aromatic N) is 1. The maximum absolute atomic E-state index is 12.4. The molecule has 0 heterocycles. The van der Waals surface area contributed by atoms with Crippen molar-refractivity contribution in [1.29, 1.82) is 0 Å². The fourth-order valence-corrected chi connectivity index (χ4v) is 1.33. The minimum Gasteiger partial charge on any atom is -0.259 e. The van der Waals surface area contributed by atoms with Crippen LogP contribution in [0.3, 0.4) is 0 Å². The summed E-state index contributed by atoms with van der Waals surface area (Å²) in [5.74, 6) is 0. The lowest BCUT2D eigenvalue weighted by atomic mass is 10.1. The summed E-state index contributed by atoms with van der Waals surface area (Å²) < 4.78 is 37.2. The highest BCUT2D eigenvalue weighted by atomic mass is 19.4. The lowest BCUT2D eigenvalue weighted by Crippen LogP contribution is -2.14. The Bertz CT molecular complexity index is 412. The summed E-state index contributed by atoms with van der Waals surface area (Å²) in [4.78, 5) is 9.02. The number of aryl methyl sites for hydroxylation is 1. The number of hydrogen-bond donors (Lipinski definition) is 0. The average molecular weight is 245 g/mol. The van der Waals surface area contributed by atoms with Crippen molar-refractivity contribution in [2.45, 2.75) is 19.0 Å². The lowest BCUT2D eigenvalue weighted by molar-refractivity contribution is -0.405. The molecule has 17 heavy (non-hydrogen) atoms. The van der Waals surface area contributed by atoms with Crippen molar-refractivity contribution in [2.75, 3.05) is 0 Å². The minimum absolute atomic E-state index is 0.0307. The largest absolute Gasteiger partial charge is 0.418 e. The number of alkyl halides is 3. The fraction of sp³-hybridized carbons (Fsp3) is 0.273. The van der Waals surface area contributed by atoms with Crippen LogP contribution in [0.15, 0.2) is 42.1 Å². The zero-order valence-electron chi connectivity index (χ0n) is 8.78. The molecule has 6 heteroatoms. The van der Waals surface area contributed by atoms with Crippen LogP contribution in [0.25, 0.3) is 0 Å². The highest BCUT2D eigenvalue weighted by Gasteiger charge is 2.35. The van der Waals surface area contributed by atoms with E-state index in [0.717, 1.165) is 0 Å². The van der Waals surface area contributed by atoms with Gasteiger partial charge < -0.3 is 0 Å². The van der Waals surface area contributed by atoms with Gasteiger partial charge in [-0.15, -0.1) is 0 Å². The third kappa shape index (κ3) is 4.67. The summed E-state index contributed by atoms with van der Waals surface area (Å²) in [7, 11) is 0. The number of allylic oxidation sites excluding steroid dienone is 1. The maximum atomic E-state index is 12.4. The van der Waals surface area contributed by atoms with Crippen LogP contribution >= 0.6 is 0 Å². The molecule has 0 aliphatic rings. The molecule has 0 N–H and O–H groups in total. The Balaban J connectivity index is 2.73. The van der Waals surface area contributed by atoms with Gasteiger partial charge in [0.05, 0.1) is 4.92 Å². The van der Waals surface area contributed by atoms with Crippen molar-refractivity contribution in [3.05, 3.63) is 57.8 Å². The first-order valence-corrected chi connectivity index (χ1v) is 4.85. The molecule has 0 aliphatic heterocycles. The molecule has 92 valence electrons. The molecule has 0 amide bonds. The van der Waals surface area contributed by atoms with Gasteiger partial charge in [0, 0.05) is 0 Å². The van der Waals surface area contributed by atoms with E-state index in [4.69, 9.17) is 0 Å². The molecule has 0 bridgehead atoms. The van der Waals surface area contributed by atoms with Crippen LogP contribution in [-0.2, 0) is 6.42 Å². The van der Waals surface area contributed by atoms with Crippen LogP contribution in [0.1, 0.15) is 12.0 Å². The van der Waals surface area contributed by atoms with Crippen molar-refractivity contribution in [2.24, 2.45) is 0 Å². The van der Waals surface area contributed by atoms with Gasteiger partial charge in [0.1, 0.15) is 5.57 Å². The Morgan fingerprint density at radius 1 is 1.29 bits per heavy atom. The second-order valence-corrected chi connectivity index (χ2v) is 3.42. The molecule has 0 aliphatic carbocycles. The quantitative estimate of drug-likeness (QED) is 0.603. The van der Waals surface area contributed by atoms with Crippen LogP contribution in [0.2, 0.25) is 0 Å². The first kappa shape index (κ1) is 13.2. The average Bonchev–Trinajstić information content (AvgIpc) is 2.23. The molecule has 0 unspecified atom stereocenters. The van der Waals surface area contributed by atoms with Crippen LogP contribution in [-0.4, -0.2) is 11.1 Å². The summed E-state index contributed by atoms with van der Waals surface area (Å²) in [5.41, 5.74) is -0.405. The van der Waals surface area contributed by atoms with E-state index in [9.17, 15) is 23.3 Å². The monoisotopic (exact) mass is 245 g/mol. The zero-order valence-corrected chi connectivity index (χ0v) is 8.78. The summed E-state index contributed by atoms with van der Waals surface area (Å²) in [6.07, 6.45) is -4.89. The highest BCUT2D eigenvalue weighted by molar-refractivity contribution is 5.17. The first-order valence-electron chi connectivity index (χ1n) is 4.85. The molecule has 0 fully saturated rings. The Morgan fingerprint density at radius 2 is 1.88 bits per heavy atom. The molecule has 0 saturated heterocycles. The van der Waals surface area contributed by atoms with Crippen LogP contribution in [0.4, 0.5) is 13.2 Å². The molecule has 0 radical (unpaired) electrons. The van der Waals surface area contributed by atoms with E-state index in [1.807, 2.05) is 0 Å². The van der Waals surface area contributed by atoms with E-state index in [2.05, 4.69) is 0 Å². The van der Waals surface area contributed by atoms with E-state index in [-0.39, 0.29) is 12.6 Å². The Kier molecular flexibility index (Phi) is 4.25. The van der Waals surface area contributed by atoms with Gasteiger partial charge in [0.25, 0.3) is 0 Å². The van der Waals surface area contributed by atoms with Gasteiger partial charge in [-0.2, -0.15) is 13.2 Å². The Morgan fingerprint density at radius 3 is 2.35 bits per heavy atom. The molecule has 0 aromatic heterocycles. The summed E-state index contributed by atoms with van der Waals surface area (Å²) >= 11 is 0. The smallest absolute Gasteiger partial charge is 0.259 e. The van der Waals surface area contributed by atoms with Gasteiger partial charge >= 0.3 is 6.18 Å².